The molecule has 0 amide bonds. The third kappa shape index (κ3) is 3.75. The lowest BCUT2D eigenvalue weighted by atomic mass is 9.86. The Bertz CT molecular complexity index is 719. The first-order chi connectivity index (χ1) is 11.2. The minimum absolute atomic E-state index is 0.0891. The van der Waals surface area contributed by atoms with E-state index in [1.54, 1.807) is 0 Å². The minimum Gasteiger partial charge on any atom is -0.294 e. The molecule has 0 aliphatic rings. The first kappa shape index (κ1) is 15.2. The van der Waals surface area contributed by atoms with Crippen LogP contribution in [0.25, 0.3) is 0 Å². The van der Waals surface area contributed by atoms with Crippen molar-refractivity contribution in [3.8, 4) is 0 Å². The molecule has 0 saturated heterocycles. The summed E-state index contributed by atoms with van der Waals surface area (Å²) in [6.45, 7) is 2.03. The highest BCUT2D eigenvalue weighted by Crippen LogP contribution is 2.29. The van der Waals surface area contributed by atoms with Crippen molar-refractivity contribution in [2.75, 3.05) is 0 Å². The van der Waals surface area contributed by atoms with E-state index >= 15 is 0 Å². The number of carbonyl (C=O) groups excluding carboxylic acids is 1. The standard InChI is InChI=1S/C22H20O/c1-17-12-14-20(15-13-17)22(23)16-21(18-8-4-2-5-9-18)19-10-6-3-7-11-19/h2-15,21H,16H2,1H3. The lowest BCUT2D eigenvalue weighted by molar-refractivity contribution is 0.0977. The smallest absolute Gasteiger partial charge is 0.163 e. The molecule has 0 unspecified atom stereocenters. The quantitative estimate of drug-likeness (QED) is 0.577. The van der Waals surface area contributed by atoms with Gasteiger partial charge in [0.05, 0.1) is 0 Å². The first-order valence-corrected chi connectivity index (χ1v) is 7.94. The second-order valence-corrected chi connectivity index (χ2v) is 5.87. The fourth-order valence-electron chi connectivity index (χ4n) is 2.84. The van der Waals surface area contributed by atoms with E-state index in [4.69, 9.17) is 0 Å². The summed E-state index contributed by atoms with van der Waals surface area (Å²) in [5.74, 6) is 0.272. The molecule has 23 heavy (non-hydrogen) atoms. The molecule has 114 valence electrons. The van der Waals surface area contributed by atoms with Crippen LogP contribution in [0.3, 0.4) is 0 Å². The van der Waals surface area contributed by atoms with E-state index in [0.29, 0.717) is 6.42 Å². The Kier molecular flexibility index (Phi) is 4.68. The SMILES string of the molecule is Cc1ccc(C(=O)CC(c2ccccc2)c2ccccc2)cc1. The van der Waals surface area contributed by atoms with E-state index in [1.807, 2.05) is 67.6 Å². The molecule has 0 saturated carbocycles. The number of benzene rings is 3. The van der Waals surface area contributed by atoms with E-state index in [2.05, 4.69) is 24.3 Å². The van der Waals surface area contributed by atoms with Gasteiger partial charge in [0.1, 0.15) is 0 Å². The molecule has 3 rings (SSSR count). The predicted molar refractivity (Wildman–Crippen MR) is 94.9 cm³/mol. The zero-order chi connectivity index (χ0) is 16.1. The highest BCUT2D eigenvalue weighted by molar-refractivity contribution is 5.96. The van der Waals surface area contributed by atoms with E-state index in [0.717, 1.165) is 5.56 Å². The Morgan fingerprint density at radius 2 is 1.22 bits per heavy atom. The van der Waals surface area contributed by atoms with Crippen molar-refractivity contribution < 1.29 is 4.79 Å². The Morgan fingerprint density at radius 1 is 0.739 bits per heavy atom. The normalized spacial score (nSPS) is 10.7. The van der Waals surface area contributed by atoms with Gasteiger partial charge >= 0.3 is 0 Å². The molecule has 1 nitrogen and oxygen atoms in total. The average Bonchev–Trinajstić information content (AvgIpc) is 2.61. The molecule has 0 heterocycles. The van der Waals surface area contributed by atoms with Crippen LogP contribution in [0.15, 0.2) is 84.9 Å². The highest BCUT2D eigenvalue weighted by atomic mass is 16.1. The minimum atomic E-state index is 0.0891. The molecule has 1 heteroatoms. The zero-order valence-corrected chi connectivity index (χ0v) is 13.3. The number of hydrogen-bond donors (Lipinski definition) is 0. The Balaban J connectivity index is 1.90. The highest BCUT2D eigenvalue weighted by Gasteiger charge is 2.18. The Morgan fingerprint density at radius 3 is 1.70 bits per heavy atom. The van der Waals surface area contributed by atoms with Crippen molar-refractivity contribution in [1.29, 1.82) is 0 Å². The van der Waals surface area contributed by atoms with Crippen LogP contribution in [0.4, 0.5) is 0 Å². The van der Waals surface area contributed by atoms with Crippen LogP contribution in [-0.2, 0) is 0 Å². The summed E-state index contributed by atoms with van der Waals surface area (Å²) in [7, 11) is 0. The largest absolute Gasteiger partial charge is 0.294 e. The van der Waals surface area contributed by atoms with Crippen molar-refractivity contribution in [1.82, 2.24) is 0 Å². The van der Waals surface area contributed by atoms with Gasteiger partial charge in [-0.15, -0.1) is 0 Å². The lowest BCUT2D eigenvalue weighted by Crippen LogP contribution is -2.09. The summed E-state index contributed by atoms with van der Waals surface area (Å²) in [5.41, 5.74) is 4.31. The molecule has 0 aliphatic carbocycles. The molecule has 0 atom stereocenters. The fraction of sp³-hybridized carbons (Fsp3) is 0.136. The van der Waals surface area contributed by atoms with Crippen LogP contribution in [-0.4, -0.2) is 5.78 Å². The molecule has 0 spiro atoms. The summed E-state index contributed by atoms with van der Waals surface area (Å²) < 4.78 is 0. The summed E-state index contributed by atoms with van der Waals surface area (Å²) in [4.78, 5) is 12.7. The topological polar surface area (TPSA) is 17.1 Å². The van der Waals surface area contributed by atoms with Gasteiger partial charge in [-0.25, -0.2) is 0 Å². The number of Topliss-reactive ketones (excluding diaryl/α,β-unsaturated/α-hetero) is 1. The van der Waals surface area contributed by atoms with Crippen LogP contribution in [0.2, 0.25) is 0 Å². The molecule has 0 bridgehead atoms. The van der Waals surface area contributed by atoms with Crippen molar-refractivity contribution >= 4 is 5.78 Å². The van der Waals surface area contributed by atoms with E-state index in [9.17, 15) is 4.79 Å². The van der Waals surface area contributed by atoms with Crippen molar-refractivity contribution in [2.45, 2.75) is 19.3 Å². The van der Waals surface area contributed by atoms with Gasteiger partial charge in [0.2, 0.25) is 0 Å². The van der Waals surface area contributed by atoms with E-state index in [1.165, 1.54) is 16.7 Å². The molecule has 0 aliphatic heterocycles. The number of rotatable bonds is 5. The van der Waals surface area contributed by atoms with Crippen molar-refractivity contribution in [3.63, 3.8) is 0 Å². The number of carbonyl (C=O) groups is 1. The van der Waals surface area contributed by atoms with Gasteiger partial charge in [-0.2, -0.15) is 0 Å². The summed E-state index contributed by atoms with van der Waals surface area (Å²) in [5, 5.41) is 0. The van der Waals surface area contributed by atoms with Crippen LogP contribution < -0.4 is 0 Å². The maximum absolute atomic E-state index is 12.7. The Hall–Kier alpha value is -2.67. The molecule has 0 N–H and O–H groups in total. The van der Waals surface area contributed by atoms with Crippen molar-refractivity contribution in [3.05, 3.63) is 107 Å². The number of hydrogen-bond acceptors (Lipinski definition) is 1. The predicted octanol–water partition coefficient (Wildman–Crippen LogP) is 5.40. The van der Waals surface area contributed by atoms with Crippen LogP contribution >= 0.6 is 0 Å². The third-order valence-electron chi connectivity index (χ3n) is 4.17. The monoisotopic (exact) mass is 300 g/mol. The van der Waals surface area contributed by atoms with Crippen LogP contribution in [0, 0.1) is 6.92 Å². The van der Waals surface area contributed by atoms with Gasteiger partial charge in [0.15, 0.2) is 5.78 Å². The van der Waals surface area contributed by atoms with Gasteiger partial charge in [0.25, 0.3) is 0 Å². The van der Waals surface area contributed by atoms with E-state index in [-0.39, 0.29) is 11.7 Å². The fourth-order valence-corrected chi connectivity index (χ4v) is 2.84. The first-order valence-electron chi connectivity index (χ1n) is 7.94. The van der Waals surface area contributed by atoms with Crippen molar-refractivity contribution in [2.24, 2.45) is 0 Å². The van der Waals surface area contributed by atoms with Crippen LogP contribution in [0.5, 0.6) is 0 Å². The molecule has 0 fully saturated rings. The number of aryl methyl sites for hydroxylation is 1. The average molecular weight is 300 g/mol. The molecule has 0 radical (unpaired) electrons. The molecule has 0 aromatic heterocycles. The van der Waals surface area contributed by atoms with Gasteiger partial charge in [0, 0.05) is 17.9 Å². The van der Waals surface area contributed by atoms with Gasteiger partial charge in [-0.1, -0.05) is 90.5 Å². The molecule has 3 aromatic carbocycles. The van der Waals surface area contributed by atoms with Gasteiger partial charge in [-0.05, 0) is 18.1 Å². The summed E-state index contributed by atoms with van der Waals surface area (Å²) in [6.07, 6.45) is 0.483. The maximum atomic E-state index is 12.7. The summed E-state index contributed by atoms with van der Waals surface area (Å²) >= 11 is 0. The maximum Gasteiger partial charge on any atom is 0.163 e. The molecule has 3 aromatic rings. The van der Waals surface area contributed by atoms with Crippen LogP contribution in [0.1, 0.15) is 39.4 Å². The second-order valence-electron chi connectivity index (χ2n) is 5.87. The second kappa shape index (κ2) is 7.06. The van der Waals surface area contributed by atoms with Gasteiger partial charge < -0.3 is 0 Å². The third-order valence-corrected chi connectivity index (χ3v) is 4.17. The lowest BCUT2D eigenvalue weighted by Gasteiger charge is -2.17. The Labute approximate surface area is 137 Å². The summed E-state index contributed by atoms with van der Waals surface area (Å²) in [6, 6.07) is 28.4. The number of ketones is 1. The molecular weight excluding hydrogens is 280 g/mol. The van der Waals surface area contributed by atoms with E-state index < -0.39 is 0 Å². The molecular formula is C22H20O. The zero-order valence-electron chi connectivity index (χ0n) is 13.3. The van der Waals surface area contributed by atoms with Gasteiger partial charge in [-0.3, -0.25) is 4.79 Å².